The van der Waals surface area contributed by atoms with Gasteiger partial charge in [-0.05, 0) is 53.1 Å². The summed E-state index contributed by atoms with van der Waals surface area (Å²) in [5, 5.41) is 12.1. The Morgan fingerprint density at radius 2 is 1.95 bits per heavy atom. The van der Waals surface area contributed by atoms with E-state index in [9.17, 15) is 0 Å². The van der Waals surface area contributed by atoms with E-state index in [0.29, 0.717) is 11.5 Å². The quantitative estimate of drug-likeness (QED) is 0.748. The van der Waals surface area contributed by atoms with Gasteiger partial charge in [-0.3, -0.25) is 0 Å². The third-order valence-corrected chi connectivity index (χ3v) is 3.60. The first-order valence-electron chi connectivity index (χ1n) is 6.94. The van der Waals surface area contributed by atoms with E-state index >= 15 is 0 Å². The van der Waals surface area contributed by atoms with Gasteiger partial charge < -0.3 is 5.73 Å². The lowest BCUT2D eigenvalue weighted by Gasteiger charge is -2.09. The number of tetrazole rings is 1. The van der Waals surface area contributed by atoms with Crippen LogP contribution in [0.5, 0.6) is 0 Å². The summed E-state index contributed by atoms with van der Waals surface area (Å²) >= 11 is 0. The average molecular weight is 279 g/mol. The van der Waals surface area contributed by atoms with Crippen LogP contribution in [0.15, 0.2) is 42.5 Å². The second kappa shape index (κ2) is 5.36. The van der Waals surface area contributed by atoms with Crippen molar-refractivity contribution in [2.45, 2.75) is 20.3 Å². The molecule has 1 aromatic heterocycles. The van der Waals surface area contributed by atoms with Crippen LogP contribution >= 0.6 is 0 Å². The van der Waals surface area contributed by atoms with Crippen molar-refractivity contribution in [1.82, 2.24) is 20.2 Å². The van der Waals surface area contributed by atoms with Gasteiger partial charge >= 0.3 is 0 Å². The summed E-state index contributed by atoms with van der Waals surface area (Å²) in [6.07, 6.45) is 0.970. The van der Waals surface area contributed by atoms with Gasteiger partial charge in [-0.25, -0.2) is 0 Å². The fourth-order valence-corrected chi connectivity index (χ4v) is 2.31. The van der Waals surface area contributed by atoms with Gasteiger partial charge in [0.2, 0.25) is 0 Å². The molecular formula is C16H17N5. The number of para-hydroxylation sites is 1. The maximum Gasteiger partial charge on any atom is 0.189 e. The third-order valence-electron chi connectivity index (χ3n) is 3.60. The van der Waals surface area contributed by atoms with E-state index in [0.717, 1.165) is 23.2 Å². The summed E-state index contributed by atoms with van der Waals surface area (Å²) in [6, 6.07) is 14.1. The zero-order valence-electron chi connectivity index (χ0n) is 12.1. The number of hydrogen-bond donors (Lipinski definition) is 1. The Bertz CT molecular complexity index is 776. The molecule has 2 aromatic carbocycles. The summed E-state index contributed by atoms with van der Waals surface area (Å²) in [5.74, 6) is 0.657. The summed E-state index contributed by atoms with van der Waals surface area (Å²) < 4.78 is 1.73. The van der Waals surface area contributed by atoms with Crippen LogP contribution < -0.4 is 5.73 Å². The molecule has 0 saturated carbocycles. The molecule has 0 radical (unpaired) electrons. The average Bonchev–Trinajstić information content (AvgIpc) is 2.99. The molecule has 0 aliphatic heterocycles. The lowest BCUT2D eigenvalue weighted by Crippen LogP contribution is -2.03. The summed E-state index contributed by atoms with van der Waals surface area (Å²) in [5.41, 5.74) is 10.9. The van der Waals surface area contributed by atoms with Crippen LogP contribution in [0, 0.1) is 6.92 Å². The van der Waals surface area contributed by atoms with Gasteiger partial charge in [-0.2, -0.15) is 4.68 Å². The van der Waals surface area contributed by atoms with E-state index in [1.807, 2.05) is 37.3 Å². The smallest absolute Gasteiger partial charge is 0.189 e. The van der Waals surface area contributed by atoms with Crippen molar-refractivity contribution in [1.29, 1.82) is 0 Å². The van der Waals surface area contributed by atoms with Crippen molar-refractivity contribution in [3.8, 4) is 17.1 Å². The van der Waals surface area contributed by atoms with Crippen molar-refractivity contribution in [3.63, 3.8) is 0 Å². The van der Waals surface area contributed by atoms with Crippen molar-refractivity contribution in [2.24, 2.45) is 0 Å². The van der Waals surface area contributed by atoms with Crippen LogP contribution in [0.4, 0.5) is 5.69 Å². The number of aryl methyl sites for hydroxylation is 2. The minimum absolute atomic E-state index is 0.657. The third kappa shape index (κ3) is 2.38. The molecular weight excluding hydrogens is 262 g/mol. The highest BCUT2D eigenvalue weighted by molar-refractivity contribution is 5.74. The Labute approximate surface area is 123 Å². The maximum absolute atomic E-state index is 6.17. The largest absolute Gasteiger partial charge is 0.398 e. The Kier molecular flexibility index (Phi) is 3.39. The highest BCUT2D eigenvalue weighted by Gasteiger charge is 2.14. The highest BCUT2D eigenvalue weighted by atomic mass is 15.5. The van der Waals surface area contributed by atoms with E-state index in [-0.39, 0.29) is 0 Å². The van der Waals surface area contributed by atoms with Crippen LogP contribution in [-0.4, -0.2) is 20.2 Å². The SMILES string of the molecule is CCc1cccc(-n2nnnc2-c2cccc(C)c2N)c1. The van der Waals surface area contributed by atoms with Gasteiger partial charge in [-0.15, -0.1) is 5.10 Å². The molecule has 106 valence electrons. The van der Waals surface area contributed by atoms with Gasteiger partial charge in [-0.1, -0.05) is 31.2 Å². The first-order chi connectivity index (χ1) is 10.2. The normalized spacial score (nSPS) is 10.8. The molecule has 21 heavy (non-hydrogen) atoms. The van der Waals surface area contributed by atoms with Gasteiger partial charge in [0.15, 0.2) is 5.82 Å². The first-order valence-corrected chi connectivity index (χ1v) is 6.94. The molecule has 0 fully saturated rings. The Morgan fingerprint density at radius 3 is 2.76 bits per heavy atom. The fraction of sp³-hybridized carbons (Fsp3) is 0.188. The summed E-state index contributed by atoms with van der Waals surface area (Å²) in [6.45, 7) is 4.10. The van der Waals surface area contributed by atoms with E-state index in [1.54, 1.807) is 4.68 Å². The second-order valence-electron chi connectivity index (χ2n) is 4.97. The van der Waals surface area contributed by atoms with Crippen molar-refractivity contribution in [2.75, 3.05) is 5.73 Å². The van der Waals surface area contributed by atoms with Crippen LogP contribution in [-0.2, 0) is 6.42 Å². The standard InChI is InChI=1S/C16H17N5/c1-3-12-7-5-8-13(10-12)21-16(18-19-20-21)14-9-4-6-11(2)15(14)17/h4-10H,3,17H2,1-2H3. The molecule has 0 spiro atoms. The predicted octanol–water partition coefficient (Wildman–Crippen LogP) is 2.78. The fourth-order valence-electron chi connectivity index (χ4n) is 2.31. The molecule has 0 aliphatic rings. The molecule has 0 aliphatic carbocycles. The number of nitrogen functional groups attached to an aromatic ring is 1. The zero-order valence-corrected chi connectivity index (χ0v) is 12.1. The van der Waals surface area contributed by atoms with Gasteiger partial charge in [0, 0.05) is 11.3 Å². The molecule has 0 atom stereocenters. The highest BCUT2D eigenvalue weighted by Crippen LogP contribution is 2.27. The lowest BCUT2D eigenvalue weighted by atomic mass is 10.1. The van der Waals surface area contributed by atoms with E-state index in [4.69, 9.17) is 5.73 Å². The van der Waals surface area contributed by atoms with Crippen LogP contribution in [0.1, 0.15) is 18.1 Å². The topological polar surface area (TPSA) is 69.6 Å². The zero-order chi connectivity index (χ0) is 14.8. The van der Waals surface area contributed by atoms with Crippen molar-refractivity contribution in [3.05, 3.63) is 53.6 Å². The molecule has 2 N–H and O–H groups in total. The number of benzene rings is 2. The Balaban J connectivity index is 2.15. The van der Waals surface area contributed by atoms with Crippen LogP contribution in [0.25, 0.3) is 17.1 Å². The van der Waals surface area contributed by atoms with Gasteiger partial charge in [0.25, 0.3) is 0 Å². The minimum atomic E-state index is 0.657. The van der Waals surface area contributed by atoms with Gasteiger partial charge in [0.1, 0.15) is 0 Å². The molecule has 0 saturated heterocycles. The predicted molar refractivity (Wildman–Crippen MR) is 83.1 cm³/mol. The van der Waals surface area contributed by atoms with Crippen LogP contribution in [0.2, 0.25) is 0 Å². The molecule has 1 heterocycles. The molecule has 3 rings (SSSR count). The molecule has 0 amide bonds. The monoisotopic (exact) mass is 279 g/mol. The van der Waals surface area contributed by atoms with E-state index in [1.165, 1.54) is 5.56 Å². The minimum Gasteiger partial charge on any atom is -0.398 e. The molecule has 3 aromatic rings. The number of hydrogen-bond acceptors (Lipinski definition) is 4. The Hall–Kier alpha value is -2.69. The number of nitrogens with zero attached hydrogens (tertiary/aromatic N) is 4. The van der Waals surface area contributed by atoms with E-state index in [2.05, 4.69) is 34.6 Å². The molecule has 5 nitrogen and oxygen atoms in total. The number of aromatic nitrogens is 4. The number of anilines is 1. The van der Waals surface area contributed by atoms with Gasteiger partial charge in [0.05, 0.1) is 5.69 Å². The van der Waals surface area contributed by atoms with Crippen molar-refractivity contribution < 1.29 is 0 Å². The molecule has 0 bridgehead atoms. The van der Waals surface area contributed by atoms with E-state index < -0.39 is 0 Å². The first kappa shape index (κ1) is 13.3. The number of rotatable bonds is 3. The maximum atomic E-state index is 6.17. The lowest BCUT2D eigenvalue weighted by molar-refractivity contribution is 0.790. The molecule has 0 unspecified atom stereocenters. The number of nitrogens with two attached hydrogens (primary N) is 1. The van der Waals surface area contributed by atoms with Crippen molar-refractivity contribution >= 4 is 5.69 Å². The molecule has 5 heteroatoms. The summed E-state index contributed by atoms with van der Waals surface area (Å²) in [4.78, 5) is 0. The second-order valence-corrected chi connectivity index (χ2v) is 4.97. The summed E-state index contributed by atoms with van der Waals surface area (Å²) in [7, 11) is 0. The Morgan fingerprint density at radius 1 is 1.14 bits per heavy atom. The van der Waals surface area contributed by atoms with Crippen LogP contribution in [0.3, 0.4) is 0 Å².